The van der Waals surface area contributed by atoms with Crippen molar-refractivity contribution < 1.29 is 5.11 Å². The smallest absolute Gasteiger partial charge is 0.105 e. The summed E-state index contributed by atoms with van der Waals surface area (Å²) >= 11 is 0. The average molecular weight is 225 g/mol. The van der Waals surface area contributed by atoms with E-state index in [-0.39, 0.29) is 0 Å². The maximum Gasteiger partial charge on any atom is 0.105 e. The van der Waals surface area contributed by atoms with Gasteiger partial charge in [0.2, 0.25) is 0 Å². The highest BCUT2D eigenvalue weighted by Crippen LogP contribution is 2.02. The van der Waals surface area contributed by atoms with E-state index in [1.807, 2.05) is 19.3 Å². The summed E-state index contributed by atoms with van der Waals surface area (Å²) in [5, 5.41) is 12.3. The number of hydrogen-bond acceptors (Lipinski definition) is 3. The van der Waals surface area contributed by atoms with E-state index < -0.39 is 0 Å². The molecule has 0 bridgehead atoms. The van der Waals surface area contributed by atoms with Crippen LogP contribution < -0.4 is 5.32 Å². The van der Waals surface area contributed by atoms with Gasteiger partial charge in [-0.25, -0.2) is 4.98 Å². The molecule has 0 saturated heterocycles. The van der Waals surface area contributed by atoms with E-state index in [9.17, 15) is 0 Å². The minimum atomic E-state index is 0.300. The Kier molecular flexibility index (Phi) is 6.11. The fourth-order valence-corrected chi connectivity index (χ4v) is 1.63. The van der Waals surface area contributed by atoms with Crippen LogP contribution in [0.3, 0.4) is 0 Å². The maximum atomic E-state index is 8.86. The molecule has 0 fully saturated rings. The molecule has 0 amide bonds. The van der Waals surface area contributed by atoms with Crippen molar-refractivity contribution in [2.75, 3.05) is 19.7 Å². The van der Waals surface area contributed by atoms with Crippen LogP contribution in [0.25, 0.3) is 0 Å². The average Bonchev–Trinajstić information content (AvgIpc) is 2.69. The lowest BCUT2D eigenvalue weighted by atomic mass is 10.1. The molecular weight excluding hydrogens is 202 g/mol. The molecule has 0 aliphatic carbocycles. The van der Waals surface area contributed by atoms with E-state index in [1.165, 1.54) is 0 Å². The Morgan fingerprint density at radius 2 is 2.31 bits per heavy atom. The van der Waals surface area contributed by atoms with Crippen LogP contribution in [0.15, 0.2) is 12.4 Å². The van der Waals surface area contributed by atoms with Crippen molar-refractivity contribution in [3.8, 4) is 0 Å². The molecule has 1 aromatic rings. The second-order valence-corrected chi connectivity index (χ2v) is 4.35. The number of aliphatic hydroxyl groups is 1. The normalized spacial score (nSPS) is 12.9. The minimum absolute atomic E-state index is 0.300. The predicted octanol–water partition coefficient (Wildman–Crippen LogP) is 1.19. The lowest BCUT2D eigenvalue weighted by Gasteiger charge is -2.09. The molecule has 4 heteroatoms. The SMILES string of the molecule is Cc1nccn1CCNCCCC(C)CO. The lowest BCUT2D eigenvalue weighted by molar-refractivity contribution is 0.228. The topological polar surface area (TPSA) is 50.1 Å². The third-order valence-electron chi connectivity index (χ3n) is 2.82. The third kappa shape index (κ3) is 4.77. The molecular formula is C12H23N3O. The Balaban J connectivity index is 1.98. The van der Waals surface area contributed by atoms with Crippen LogP contribution in [0.5, 0.6) is 0 Å². The molecule has 1 atom stereocenters. The maximum absolute atomic E-state index is 8.86. The minimum Gasteiger partial charge on any atom is -0.396 e. The number of imidazole rings is 1. The number of rotatable bonds is 8. The Hall–Kier alpha value is -0.870. The molecule has 0 spiro atoms. The van der Waals surface area contributed by atoms with Gasteiger partial charge < -0.3 is 15.0 Å². The van der Waals surface area contributed by atoms with E-state index in [0.29, 0.717) is 12.5 Å². The highest BCUT2D eigenvalue weighted by molar-refractivity contribution is 4.88. The van der Waals surface area contributed by atoms with Crippen molar-refractivity contribution in [3.63, 3.8) is 0 Å². The number of aliphatic hydroxyl groups excluding tert-OH is 1. The first kappa shape index (κ1) is 13.2. The zero-order valence-electron chi connectivity index (χ0n) is 10.3. The van der Waals surface area contributed by atoms with Crippen molar-refractivity contribution in [2.45, 2.75) is 33.2 Å². The molecule has 1 unspecified atom stereocenters. The quantitative estimate of drug-likeness (QED) is 0.653. The van der Waals surface area contributed by atoms with Crippen LogP contribution in [0, 0.1) is 12.8 Å². The monoisotopic (exact) mass is 225 g/mol. The van der Waals surface area contributed by atoms with Gasteiger partial charge in [0.05, 0.1) is 0 Å². The fraction of sp³-hybridized carbons (Fsp3) is 0.750. The molecule has 1 rings (SSSR count). The van der Waals surface area contributed by atoms with Gasteiger partial charge in [-0.05, 0) is 32.2 Å². The summed E-state index contributed by atoms with van der Waals surface area (Å²) in [4.78, 5) is 4.17. The molecule has 92 valence electrons. The molecule has 1 heterocycles. The van der Waals surface area contributed by atoms with Gasteiger partial charge in [0.15, 0.2) is 0 Å². The van der Waals surface area contributed by atoms with Crippen LogP contribution in [0.4, 0.5) is 0 Å². The molecule has 1 aromatic heterocycles. The first-order valence-corrected chi connectivity index (χ1v) is 6.03. The summed E-state index contributed by atoms with van der Waals surface area (Å²) in [6.45, 7) is 7.37. The van der Waals surface area contributed by atoms with Crippen molar-refractivity contribution >= 4 is 0 Å². The van der Waals surface area contributed by atoms with Crippen molar-refractivity contribution in [3.05, 3.63) is 18.2 Å². The summed E-state index contributed by atoms with van der Waals surface area (Å²) in [6.07, 6.45) is 6.06. The largest absolute Gasteiger partial charge is 0.396 e. The van der Waals surface area contributed by atoms with E-state index in [2.05, 4.69) is 21.8 Å². The molecule has 2 N–H and O–H groups in total. The van der Waals surface area contributed by atoms with Gasteiger partial charge in [-0.2, -0.15) is 0 Å². The zero-order chi connectivity index (χ0) is 11.8. The molecule has 0 radical (unpaired) electrons. The summed E-state index contributed by atoms with van der Waals surface area (Å²) in [7, 11) is 0. The Labute approximate surface area is 97.7 Å². The van der Waals surface area contributed by atoms with E-state index in [4.69, 9.17) is 5.11 Å². The first-order valence-electron chi connectivity index (χ1n) is 6.03. The standard InChI is InChI=1S/C12H23N3O/c1-11(10-16)4-3-5-13-6-8-15-9-7-14-12(15)2/h7,9,11,13,16H,3-6,8,10H2,1-2H3. The van der Waals surface area contributed by atoms with Crippen molar-refractivity contribution in [1.82, 2.24) is 14.9 Å². The molecule has 0 aliphatic heterocycles. The summed E-state index contributed by atoms with van der Waals surface area (Å²) in [5.41, 5.74) is 0. The molecule has 4 nitrogen and oxygen atoms in total. The summed E-state index contributed by atoms with van der Waals surface area (Å²) in [5.74, 6) is 1.49. The van der Waals surface area contributed by atoms with E-state index in [1.54, 1.807) is 0 Å². The number of aromatic nitrogens is 2. The zero-order valence-corrected chi connectivity index (χ0v) is 10.3. The van der Waals surface area contributed by atoms with Gasteiger partial charge in [-0.3, -0.25) is 0 Å². The van der Waals surface area contributed by atoms with Crippen LogP contribution in [0.1, 0.15) is 25.6 Å². The number of nitrogens with one attached hydrogen (secondary N) is 1. The third-order valence-corrected chi connectivity index (χ3v) is 2.82. The van der Waals surface area contributed by atoms with Gasteiger partial charge in [0, 0.05) is 32.1 Å². The number of hydrogen-bond donors (Lipinski definition) is 2. The number of aryl methyl sites for hydroxylation is 1. The van der Waals surface area contributed by atoms with Gasteiger partial charge in [-0.1, -0.05) is 6.92 Å². The van der Waals surface area contributed by atoms with Gasteiger partial charge in [0.25, 0.3) is 0 Å². The Morgan fingerprint density at radius 1 is 1.50 bits per heavy atom. The molecule has 0 aromatic carbocycles. The Morgan fingerprint density at radius 3 is 2.94 bits per heavy atom. The van der Waals surface area contributed by atoms with Crippen LogP contribution in [-0.2, 0) is 6.54 Å². The summed E-state index contributed by atoms with van der Waals surface area (Å²) in [6, 6.07) is 0. The van der Waals surface area contributed by atoms with Crippen LogP contribution in [0.2, 0.25) is 0 Å². The molecule has 0 saturated carbocycles. The molecule has 0 aliphatic rings. The van der Waals surface area contributed by atoms with Crippen LogP contribution >= 0.6 is 0 Å². The second-order valence-electron chi connectivity index (χ2n) is 4.35. The van der Waals surface area contributed by atoms with Crippen LogP contribution in [-0.4, -0.2) is 34.4 Å². The highest BCUT2D eigenvalue weighted by atomic mass is 16.3. The van der Waals surface area contributed by atoms with E-state index >= 15 is 0 Å². The fourth-order valence-electron chi connectivity index (χ4n) is 1.63. The first-order chi connectivity index (χ1) is 7.74. The van der Waals surface area contributed by atoms with Gasteiger partial charge >= 0.3 is 0 Å². The van der Waals surface area contributed by atoms with E-state index in [0.717, 1.165) is 38.3 Å². The lowest BCUT2D eigenvalue weighted by Crippen LogP contribution is -2.21. The van der Waals surface area contributed by atoms with Gasteiger partial charge in [-0.15, -0.1) is 0 Å². The molecule has 16 heavy (non-hydrogen) atoms. The second kappa shape index (κ2) is 7.41. The highest BCUT2D eigenvalue weighted by Gasteiger charge is 1.99. The van der Waals surface area contributed by atoms with Crippen molar-refractivity contribution in [2.24, 2.45) is 5.92 Å². The number of nitrogens with zero attached hydrogens (tertiary/aromatic N) is 2. The van der Waals surface area contributed by atoms with Gasteiger partial charge in [0.1, 0.15) is 5.82 Å². The van der Waals surface area contributed by atoms with Crippen molar-refractivity contribution in [1.29, 1.82) is 0 Å². The Bertz CT molecular complexity index is 286. The predicted molar refractivity (Wildman–Crippen MR) is 65.3 cm³/mol. The summed E-state index contributed by atoms with van der Waals surface area (Å²) < 4.78 is 2.14.